The lowest BCUT2D eigenvalue weighted by Gasteiger charge is -2.39. The minimum absolute atomic E-state index is 0.402. The average Bonchev–Trinajstić information content (AvgIpc) is 2.73. The van der Waals surface area contributed by atoms with Crippen LogP contribution in [0, 0.1) is 5.92 Å². The summed E-state index contributed by atoms with van der Waals surface area (Å²) in [7, 11) is -2.20. The van der Waals surface area contributed by atoms with Crippen molar-refractivity contribution in [2.75, 3.05) is 0 Å². The Bertz CT molecular complexity index is 642. The first-order valence-electron chi connectivity index (χ1n) is 10.6. The molecule has 3 rings (SSSR count). The highest BCUT2D eigenvalue weighted by Crippen LogP contribution is 2.32. The van der Waals surface area contributed by atoms with Crippen LogP contribution in [0.2, 0.25) is 6.55 Å². The molecule has 2 aromatic carbocycles. The lowest BCUT2D eigenvalue weighted by atomic mass is 9.83. The van der Waals surface area contributed by atoms with Gasteiger partial charge in [0.2, 0.25) is 0 Å². The van der Waals surface area contributed by atoms with Gasteiger partial charge in [0.15, 0.2) is 0 Å². The molecule has 0 aromatic heterocycles. The summed E-state index contributed by atoms with van der Waals surface area (Å²) in [6.45, 7) is 6.25. The zero-order valence-electron chi connectivity index (χ0n) is 16.8. The minimum Gasteiger partial charge on any atom is -0.405 e. The van der Waals surface area contributed by atoms with Crippen LogP contribution in [0.3, 0.4) is 0 Å². The molecular weight excluding hydrogens is 344 g/mol. The highest BCUT2D eigenvalue weighted by atomic mass is 28.4. The minimum atomic E-state index is -2.20. The predicted molar refractivity (Wildman–Crippen MR) is 119 cm³/mol. The van der Waals surface area contributed by atoms with Crippen molar-refractivity contribution < 1.29 is 4.43 Å². The molecule has 1 aliphatic carbocycles. The number of benzene rings is 2. The fourth-order valence-electron chi connectivity index (χ4n) is 4.47. The van der Waals surface area contributed by atoms with Crippen LogP contribution in [0.1, 0.15) is 51.4 Å². The molecule has 0 saturated heterocycles. The van der Waals surface area contributed by atoms with Crippen molar-refractivity contribution in [2.45, 2.75) is 64.0 Å². The van der Waals surface area contributed by atoms with Crippen LogP contribution in [0.5, 0.6) is 0 Å². The Morgan fingerprint density at radius 3 is 2.11 bits per heavy atom. The molecule has 1 fully saturated rings. The van der Waals surface area contributed by atoms with Gasteiger partial charge in [0.1, 0.15) is 0 Å². The summed E-state index contributed by atoms with van der Waals surface area (Å²) in [4.78, 5) is 0. The molecule has 1 aliphatic rings. The van der Waals surface area contributed by atoms with Gasteiger partial charge in [0.25, 0.3) is 8.32 Å². The fraction of sp³-hybridized carbons (Fsp3) is 0.440. The highest BCUT2D eigenvalue weighted by molar-refractivity contribution is 6.96. The van der Waals surface area contributed by atoms with Crippen LogP contribution < -0.4 is 10.4 Å². The number of hydrogen-bond donors (Lipinski definition) is 0. The van der Waals surface area contributed by atoms with Gasteiger partial charge in [-0.25, -0.2) is 0 Å². The first-order valence-corrected chi connectivity index (χ1v) is 13.0. The summed E-state index contributed by atoms with van der Waals surface area (Å²) in [6.07, 6.45) is 12.7. The first kappa shape index (κ1) is 20.1. The van der Waals surface area contributed by atoms with E-state index in [1.54, 1.807) is 0 Å². The van der Waals surface area contributed by atoms with Gasteiger partial charge in [-0.05, 0) is 54.9 Å². The SMILES string of the molecule is C=CCCCCC1CCCCC1O[Si](C)(c1ccccc1)c1ccccc1. The Kier molecular flexibility index (Phi) is 7.48. The molecule has 2 unspecified atom stereocenters. The third kappa shape index (κ3) is 5.21. The third-order valence-electron chi connectivity index (χ3n) is 6.11. The van der Waals surface area contributed by atoms with Gasteiger partial charge in [-0.3, -0.25) is 0 Å². The van der Waals surface area contributed by atoms with Crippen molar-refractivity contribution in [3.05, 3.63) is 73.3 Å². The Balaban J connectivity index is 1.81. The number of allylic oxidation sites excluding steroid dienone is 1. The quantitative estimate of drug-likeness (QED) is 0.309. The molecule has 144 valence electrons. The summed E-state index contributed by atoms with van der Waals surface area (Å²) in [5.74, 6) is 0.711. The molecule has 2 aromatic rings. The molecule has 0 radical (unpaired) electrons. The van der Waals surface area contributed by atoms with Crippen molar-refractivity contribution in [1.29, 1.82) is 0 Å². The highest BCUT2D eigenvalue weighted by Gasteiger charge is 2.39. The summed E-state index contributed by atoms with van der Waals surface area (Å²) in [6, 6.07) is 21.9. The summed E-state index contributed by atoms with van der Waals surface area (Å²) < 4.78 is 7.14. The van der Waals surface area contributed by atoms with Crippen molar-refractivity contribution in [1.82, 2.24) is 0 Å². The van der Waals surface area contributed by atoms with E-state index in [4.69, 9.17) is 4.43 Å². The standard InChI is InChI=1S/C25H34OSi/c1-3-4-5-8-15-22-16-13-14-21-25(22)26-27(2,23-17-9-6-10-18-23)24-19-11-7-12-20-24/h3,6-7,9-12,17-20,22,25H,1,4-5,8,13-16,21H2,2H3. The maximum Gasteiger partial charge on any atom is 0.253 e. The summed E-state index contributed by atoms with van der Waals surface area (Å²) in [5.41, 5.74) is 0. The molecule has 0 heterocycles. The van der Waals surface area contributed by atoms with Gasteiger partial charge in [-0.1, -0.05) is 86.0 Å². The molecule has 0 aliphatic heterocycles. The number of hydrogen-bond acceptors (Lipinski definition) is 1. The second-order valence-corrected chi connectivity index (χ2v) is 11.5. The number of rotatable bonds is 9. The summed E-state index contributed by atoms with van der Waals surface area (Å²) in [5, 5.41) is 2.76. The zero-order valence-corrected chi connectivity index (χ0v) is 17.8. The van der Waals surface area contributed by atoms with E-state index in [2.05, 4.69) is 73.8 Å². The number of unbranched alkanes of at least 4 members (excludes halogenated alkanes) is 2. The Morgan fingerprint density at radius 1 is 0.926 bits per heavy atom. The van der Waals surface area contributed by atoms with Gasteiger partial charge in [0, 0.05) is 6.10 Å². The maximum atomic E-state index is 7.14. The molecule has 2 atom stereocenters. The normalized spacial score (nSPS) is 20.3. The van der Waals surface area contributed by atoms with Crippen LogP contribution >= 0.6 is 0 Å². The van der Waals surface area contributed by atoms with Gasteiger partial charge in [-0.2, -0.15) is 0 Å². The van der Waals surface area contributed by atoms with E-state index in [9.17, 15) is 0 Å². The van der Waals surface area contributed by atoms with Crippen LogP contribution in [0.15, 0.2) is 73.3 Å². The molecule has 27 heavy (non-hydrogen) atoms. The van der Waals surface area contributed by atoms with E-state index in [1.165, 1.54) is 55.3 Å². The van der Waals surface area contributed by atoms with Gasteiger partial charge in [-0.15, -0.1) is 6.58 Å². The molecule has 0 amide bonds. The van der Waals surface area contributed by atoms with Crippen molar-refractivity contribution in [3.63, 3.8) is 0 Å². The first-order chi connectivity index (χ1) is 13.2. The Morgan fingerprint density at radius 2 is 1.52 bits per heavy atom. The molecule has 0 N–H and O–H groups in total. The van der Waals surface area contributed by atoms with E-state index in [-0.39, 0.29) is 0 Å². The molecule has 2 heteroatoms. The second-order valence-electron chi connectivity index (χ2n) is 8.04. The average molecular weight is 379 g/mol. The third-order valence-corrected chi connectivity index (χ3v) is 9.75. The molecular formula is C25H34OSi. The Hall–Kier alpha value is -1.64. The molecule has 1 saturated carbocycles. The van der Waals surface area contributed by atoms with Crippen LogP contribution in [-0.2, 0) is 4.43 Å². The van der Waals surface area contributed by atoms with Gasteiger partial charge < -0.3 is 4.43 Å². The topological polar surface area (TPSA) is 9.23 Å². The predicted octanol–water partition coefficient (Wildman–Crippen LogP) is 5.70. The van der Waals surface area contributed by atoms with Crippen LogP contribution in [0.25, 0.3) is 0 Å². The van der Waals surface area contributed by atoms with E-state index >= 15 is 0 Å². The van der Waals surface area contributed by atoms with Crippen molar-refractivity contribution >= 4 is 18.7 Å². The largest absolute Gasteiger partial charge is 0.405 e. The van der Waals surface area contributed by atoms with Crippen LogP contribution in [0.4, 0.5) is 0 Å². The smallest absolute Gasteiger partial charge is 0.253 e. The fourth-order valence-corrected chi connectivity index (χ4v) is 7.65. The lowest BCUT2D eigenvalue weighted by molar-refractivity contribution is 0.0830. The molecule has 0 spiro atoms. The molecule has 0 bridgehead atoms. The Labute approximate surface area is 166 Å². The van der Waals surface area contributed by atoms with E-state index < -0.39 is 8.32 Å². The maximum absolute atomic E-state index is 7.14. The molecule has 1 nitrogen and oxygen atoms in total. The summed E-state index contributed by atoms with van der Waals surface area (Å²) >= 11 is 0. The van der Waals surface area contributed by atoms with Gasteiger partial charge >= 0.3 is 0 Å². The van der Waals surface area contributed by atoms with E-state index in [1.807, 2.05) is 6.08 Å². The van der Waals surface area contributed by atoms with Crippen molar-refractivity contribution in [2.24, 2.45) is 5.92 Å². The van der Waals surface area contributed by atoms with Crippen molar-refractivity contribution in [3.8, 4) is 0 Å². The van der Waals surface area contributed by atoms with E-state index in [0.29, 0.717) is 12.0 Å². The van der Waals surface area contributed by atoms with Gasteiger partial charge in [0.05, 0.1) is 0 Å². The van der Waals surface area contributed by atoms with Crippen LogP contribution in [-0.4, -0.2) is 14.4 Å². The zero-order chi connectivity index (χ0) is 19.0. The van der Waals surface area contributed by atoms with E-state index in [0.717, 1.165) is 6.42 Å². The monoisotopic (exact) mass is 378 g/mol. The second kappa shape index (κ2) is 10.1. The lowest BCUT2D eigenvalue weighted by Crippen LogP contribution is -2.60.